The number of methoxy groups -OCH3 is 1. The van der Waals surface area contributed by atoms with E-state index in [0.717, 1.165) is 5.56 Å². The van der Waals surface area contributed by atoms with Crippen LogP contribution >= 0.6 is 0 Å². The van der Waals surface area contributed by atoms with Crippen molar-refractivity contribution in [2.24, 2.45) is 0 Å². The van der Waals surface area contributed by atoms with E-state index in [1.54, 1.807) is 6.08 Å². The van der Waals surface area contributed by atoms with E-state index in [2.05, 4.69) is 0 Å². The molecule has 0 radical (unpaired) electrons. The molecule has 4 unspecified atom stereocenters. The number of allylic oxidation sites excluding steroid dienone is 2. The molecule has 6 heteroatoms. The van der Waals surface area contributed by atoms with Crippen LogP contribution in [0, 0.1) is 0 Å². The number of ether oxygens (including phenoxy) is 2. The van der Waals surface area contributed by atoms with Gasteiger partial charge in [-0.2, -0.15) is 0 Å². The number of hydrogen-bond donors (Lipinski definition) is 3. The predicted molar refractivity (Wildman–Crippen MR) is 90.1 cm³/mol. The van der Waals surface area contributed by atoms with Gasteiger partial charge in [-0.15, -0.1) is 0 Å². The summed E-state index contributed by atoms with van der Waals surface area (Å²) in [4.78, 5) is 11.6. The Morgan fingerprint density at radius 1 is 1.17 bits per heavy atom. The van der Waals surface area contributed by atoms with Crippen LogP contribution < -0.4 is 0 Å². The van der Waals surface area contributed by atoms with Gasteiger partial charge in [0.25, 0.3) is 0 Å². The smallest absolute Gasteiger partial charge is 0.330 e. The summed E-state index contributed by atoms with van der Waals surface area (Å²) in [5.74, 6) is -0.631. The molecule has 0 aliphatic carbocycles. The minimum absolute atomic E-state index is 0.353. The summed E-state index contributed by atoms with van der Waals surface area (Å²) in [7, 11) is 1.29. The summed E-state index contributed by atoms with van der Waals surface area (Å²) in [5.41, 5.74) is 1.00. The highest BCUT2D eigenvalue weighted by Crippen LogP contribution is 2.09. The first-order chi connectivity index (χ1) is 11.5. The van der Waals surface area contributed by atoms with Gasteiger partial charge in [-0.1, -0.05) is 48.6 Å². The quantitative estimate of drug-likeness (QED) is 0.352. The van der Waals surface area contributed by atoms with E-state index in [-0.39, 0.29) is 6.61 Å². The van der Waals surface area contributed by atoms with Crippen LogP contribution in [-0.2, 0) is 14.3 Å². The molecule has 0 aliphatic rings. The van der Waals surface area contributed by atoms with Crippen molar-refractivity contribution in [3.8, 4) is 0 Å². The molecule has 132 valence electrons. The predicted octanol–water partition coefficient (Wildman–Crippen LogP) is 0.917. The standard InChI is InChI=1S/C18H24O6/c1-13(19)17(22)18(23-2)15(20)12-24-16(21)11-7-6-10-14-8-4-3-5-9-14/h3-11,13,15,17-20,22H,12H2,1-2H3/b10-6+,11-7+. The fraction of sp³-hybridized carbons (Fsp3) is 0.389. The van der Waals surface area contributed by atoms with Gasteiger partial charge in [-0.05, 0) is 12.5 Å². The van der Waals surface area contributed by atoms with Gasteiger partial charge in [0, 0.05) is 13.2 Å². The third kappa shape index (κ3) is 7.06. The molecule has 0 amide bonds. The van der Waals surface area contributed by atoms with E-state index >= 15 is 0 Å². The molecule has 0 aromatic heterocycles. The number of carbonyl (C=O) groups excluding carboxylic acids is 1. The topological polar surface area (TPSA) is 96.2 Å². The molecule has 0 fully saturated rings. The molecule has 0 saturated heterocycles. The lowest BCUT2D eigenvalue weighted by Crippen LogP contribution is -2.46. The lowest BCUT2D eigenvalue weighted by atomic mass is 10.0. The van der Waals surface area contributed by atoms with Gasteiger partial charge >= 0.3 is 5.97 Å². The molecule has 0 bridgehead atoms. The van der Waals surface area contributed by atoms with E-state index in [4.69, 9.17) is 9.47 Å². The minimum Gasteiger partial charge on any atom is -0.460 e. The molecular formula is C18H24O6. The van der Waals surface area contributed by atoms with Gasteiger partial charge in [-0.3, -0.25) is 0 Å². The van der Waals surface area contributed by atoms with Gasteiger partial charge < -0.3 is 24.8 Å². The second-order valence-corrected chi connectivity index (χ2v) is 5.26. The fourth-order valence-corrected chi connectivity index (χ4v) is 1.97. The minimum atomic E-state index is -1.28. The number of carbonyl (C=O) groups is 1. The van der Waals surface area contributed by atoms with E-state index in [0.29, 0.717) is 0 Å². The third-order valence-corrected chi connectivity index (χ3v) is 3.31. The van der Waals surface area contributed by atoms with Gasteiger partial charge in [-0.25, -0.2) is 4.79 Å². The summed E-state index contributed by atoms with van der Waals surface area (Å²) in [6.07, 6.45) is 1.60. The summed E-state index contributed by atoms with van der Waals surface area (Å²) < 4.78 is 9.82. The summed E-state index contributed by atoms with van der Waals surface area (Å²) in [6, 6.07) is 9.59. The second-order valence-electron chi connectivity index (χ2n) is 5.26. The van der Waals surface area contributed by atoms with Crippen LogP contribution in [0.5, 0.6) is 0 Å². The van der Waals surface area contributed by atoms with Crippen molar-refractivity contribution in [3.63, 3.8) is 0 Å². The molecule has 0 spiro atoms. The number of aliphatic hydroxyl groups is 3. The highest BCUT2D eigenvalue weighted by Gasteiger charge is 2.30. The first kappa shape index (κ1) is 20.1. The van der Waals surface area contributed by atoms with Crippen molar-refractivity contribution in [2.75, 3.05) is 13.7 Å². The Balaban J connectivity index is 2.42. The van der Waals surface area contributed by atoms with Crippen molar-refractivity contribution in [1.29, 1.82) is 0 Å². The molecule has 0 aliphatic heterocycles. The Hall–Kier alpha value is -1.99. The Morgan fingerprint density at radius 3 is 2.42 bits per heavy atom. The molecule has 1 rings (SSSR count). The maximum absolute atomic E-state index is 11.6. The monoisotopic (exact) mass is 336 g/mol. The SMILES string of the molecule is COC(C(O)COC(=O)/C=C/C=C/c1ccccc1)C(O)C(C)O. The number of esters is 1. The maximum atomic E-state index is 11.6. The van der Waals surface area contributed by atoms with Gasteiger partial charge in [0.2, 0.25) is 0 Å². The zero-order valence-corrected chi connectivity index (χ0v) is 13.8. The molecule has 1 aromatic carbocycles. The van der Waals surface area contributed by atoms with Crippen LogP contribution in [0.2, 0.25) is 0 Å². The Kier molecular flexibility index (Phi) is 8.96. The van der Waals surface area contributed by atoms with E-state index in [1.165, 1.54) is 26.2 Å². The van der Waals surface area contributed by atoms with Crippen LogP contribution in [0.3, 0.4) is 0 Å². The molecule has 6 nitrogen and oxygen atoms in total. The third-order valence-electron chi connectivity index (χ3n) is 3.31. The number of hydrogen-bond acceptors (Lipinski definition) is 6. The first-order valence-electron chi connectivity index (χ1n) is 7.59. The Bertz CT molecular complexity index is 538. The molecule has 24 heavy (non-hydrogen) atoms. The zero-order valence-electron chi connectivity index (χ0n) is 13.8. The molecule has 0 saturated carbocycles. The highest BCUT2D eigenvalue weighted by atomic mass is 16.6. The largest absolute Gasteiger partial charge is 0.460 e. The van der Waals surface area contributed by atoms with Crippen molar-refractivity contribution < 1.29 is 29.6 Å². The molecule has 1 aromatic rings. The van der Waals surface area contributed by atoms with E-state index in [1.807, 2.05) is 36.4 Å². The van der Waals surface area contributed by atoms with E-state index in [9.17, 15) is 20.1 Å². The van der Waals surface area contributed by atoms with Crippen LogP contribution in [0.4, 0.5) is 0 Å². The molecule has 0 heterocycles. The van der Waals surface area contributed by atoms with E-state index < -0.39 is 30.4 Å². The summed E-state index contributed by atoms with van der Waals surface area (Å²) >= 11 is 0. The normalized spacial score (nSPS) is 16.9. The number of benzene rings is 1. The lowest BCUT2D eigenvalue weighted by molar-refractivity contribution is -0.153. The average Bonchev–Trinajstić information content (AvgIpc) is 2.58. The van der Waals surface area contributed by atoms with Crippen LogP contribution in [0.15, 0.2) is 48.6 Å². The van der Waals surface area contributed by atoms with Crippen molar-refractivity contribution in [3.05, 3.63) is 54.1 Å². The van der Waals surface area contributed by atoms with Gasteiger partial charge in [0.15, 0.2) is 0 Å². The number of aliphatic hydroxyl groups excluding tert-OH is 3. The molecular weight excluding hydrogens is 312 g/mol. The first-order valence-corrected chi connectivity index (χ1v) is 7.59. The summed E-state index contributed by atoms with van der Waals surface area (Å²) in [5, 5.41) is 28.9. The van der Waals surface area contributed by atoms with Crippen molar-refractivity contribution in [1.82, 2.24) is 0 Å². The van der Waals surface area contributed by atoms with Gasteiger partial charge in [0.05, 0.1) is 6.10 Å². The van der Waals surface area contributed by atoms with Crippen molar-refractivity contribution >= 4 is 12.0 Å². The number of rotatable bonds is 9. The Morgan fingerprint density at radius 2 is 1.83 bits per heavy atom. The molecule has 3 N–H and O–H groups in total. The average molecular weight is 336 g/mol. The highest BCUT2D eigenvalue weighted by molar-refractivity contribution is 5.82. The zero-order chi connectivity index (χ0) is 17.9. The Labute approximate surface area is 141 Å². The van der Waals surface area contributed by atoms with Crippen LogP contribution in [0.1, 0.15) is 12.5 Å². The van der Waals surface area contributed by atoms with Crippen LogP contribution in [-0.4, -0.2) is 59.4 Å². The lowest BCUT2D eigenvalue weighted by Gasteiger charge is -2.27. The van der Waals surface area contributed by atoms with Crippen molar-refractivity contribution in [2.45, 2.75) is 31.3 Å². The van der Waals surface area contributed by atoms with Crippen LogP contribution in [0.25, 0.3) is 6.08 Å². The fourth-order valence-electron chi connectivity index (χ4n) is 1.97. The second kappa shape index (κ2) is 10.7. The summed E-state index contributed by atoms with van der Waals surface area (Å²) in [6.45, 7) is 1.02. The van der Waals surface area contributed by atoms with Gasteiger partial charge in [0.1, 0.15) is 24.9 Å². The maximum Gasteiger partial charge on any atom is 0.330 e. The molecule has 4 atom stereocenters.